The zero-order chi connectivity index (χ0) is 41.8. The number of aliphatic carboxylic acids is 1. The van der Waals surface area contributed by atoms with Crippen molar-refractivity contribution in [2.45, 2.75) is 97.8 Å². The molecule has 1 fully saturated rings. The zero-order valence-electron chi connectivity index (χ0n) is 33.9. The number of ether oxygens (including phenoxy) is 3. The molecule has 0 bridgehead atoms. The first-order chi connectivity index (χ1) is 27.7. The van der Waals surface area contributed by atoms with Gasteiger partial charge in [-0.3, -0.25) is 15.1 Å². The molecule has 5 rings (SSSR count). The SMILES string of the molecule is Cc1c(CCCCN2CCC(O)C2)cccc1-c1cccc(COc2cc(OCc3cncc(C#N)c3)c(CNC(CNC(=O)OC(C)(C)C)C(=O)O)cc2Cl)c1C. The number of carbonyl (C=O) groups excluding carboxylic acids is 1. The number of nitrogens with one attached hydrogen (secondary N) is 2. The second-order valence-electron chi connectivity index (χ2n) is 15.7. The number of carboxylic acid groups (broad SMARTS) is 1. The third kappa shape index (κ3) is 12.7. The summed E-state index contributed by atoms with van der Waals surface area (Å²) in [6.07, 6.45) is 6.18. The molecule has 0 aliphatic carbocycles. The summed E-state index contributed by atoms with van der Waals surface area (Å²) in [6.45, 7) is 12.3. The number of aryl methyl sites for hydroxylation is 1. The molecule has 0 saturated carbocycles. The van der Waals surface area contributed by atoms with Gasteiger partial charge in [0.05, 0.1) is 16.7 Å². The summed E-state index contributed by atoms with van der Waals surface area (Å²) in [5, 5.41) is 34.9. The fourth-order valence-electron chi connectivity index (χ4n) is 6.93. The zero-order valence-corrected chi connectivity index (χ0v) is 34.7. The van der Waals surface area contributed by atoms with E-state index in [1.807, 2.05) is 12.1 Å². The second kappa shape index (κ2) is 20.5. The molecule has 13 heteroatoms. The number of aliphatic hydroxyl groups is 1. The highest BCUT2D eigenvalue weighted by Crippen LogP contribution is 2.36. The molecular formula is C45H54ClN5O7. The Hall–Kier alpha value is -5.19. The topological polar surface area (TPSA) is 166 Å². The van der Waals surface area contributed by atoms with Crippen molar-refractivity contribution in [3.05, 3.63) is 111 Å². The summed E-state index contributed by atoms with van der Waals surface area (Å²) in [4.78, 5) is 30.8. The number of halogens is 1. The maximum Gasteiger partial charge on any atom is 0.407 e. The minimum atomic E-state index is -1.17. The van der Waals surface area contributed by atoms with E-state index in [9.17, 15) is 25.1 Å². The minimum absolute atomic E-state index is 0.0287. The van der Waals surface area contributed by atoms with Gasteiger partial charge in [0.1, 0.15) is 42.4 Å². The number of carbonyl (C=O) groups is 2. The molecule has 3 aromatic carbocycles. The number of nitriles is 1. The molecule has 1 amide bonds. The van der Waals surface area contributed by atoms with Crippen molar-refractivity contribution in [2.24, 2.45) is 0 Å². The molecule has 4 aromatic rings. The number of aliphatic hydroxyl groups excluding tert-OH is 1. The van der Waals surface area contributed by atoms with Gasteiger partial charge in [-0.2, -0.15) is 5.26 Å². The molecule has 308 valence electrons. The molecule has 0 spiro atoms. The van der Waals surface area contributed by atoms with E-state index in [0.717, 1.165) is 62.0 Å². The maximum absolute atomic E-state index is 12.2. The molecule has 58 heavy (non-hydrogen) atoms. The van der Waals surface area contributed by atoms with E-state index in [0.29, 0.717) is 33.2 Å². The number of benzene rings is 3. The fourth-order valence-corrected chi connectivity index (χ4v) is 7.17. The van der Waals surface area contributed by atoms with Gasteiger partial charge >= 0.3 is 12.1 Å². The third-order valence-electron chi connectivity index (χ3n) is 10.1. The maximum atomic E-state index is 12.2. The number of alkyl carbamates (subject to hydrolysis) is 1. The van der Waals surface area contributed by atoms with Gasteiger partial charge in [0.2, 0.25) is 0 Å². The Morgan fingerprint density at radius 2 is 1.69 bits per heavy atom. The van der Waals surface area contributed by atoms with Crippen molar-refractivity contribution in [1.29, 1.82) is 5.26 Å². The van der Waals surface area contributed by atoms with Crippen LogP contribution >= 0.6 is 11.6 Å². The van der Waals surface area contributed by atoms with Crippen LogP contribution in [0.25, 0.3) is 11.1 Å². The first-order valence-electron chi connectivity index (χ1n) is 19.6. The van der Waals surface area contributed by atoms with Crippen LogP contribution in [0.15, 0.2) is 67.0 Å². The van der Waals surface area contributed by atoms with Gasteiger partial charge in [0.25, 0.3) is 0 Å². The van der Waals surface area contributed by atoms with Crippen molar-refractivity contribution in [2.75, 3.05) is 26.2 Å². The third-order valence-corrected chi connectivity index (χ3v) is 10.4. The first kappa shape index (κ1) is 43.9. The molecule has 4 N–H and O–H groups in total. The number of nitrogens with zero attached hydrogens (tertiary/aromatic N) is 3. The van der Waals surface area contributed by atoms with Crippen LogP contribution in [0.3, 0.4) is 0 Å². The summed E-state index contributed by atoms with van der Waals surface area (Å²) < 4.78 is 17.8. The van der Waals surface area contributed by atoms with Crippen molar-refractivity contribution in [1.82, 2.24) is 20.5 Å². The van der Waals surface area contributed by atoms with Crippen molar-refractivity contribution < 1.29 is 34.0 Å². The number of hydrogen-bond acceptors (Lipinski definition) is 10. The lowest BCUT2D eigenvalue weighted by molar-refractivity contribution is -0.139. The first-order valence-corrected chi connectivity index (χ1v) is 20.0. The predicted octanol–water partition coefficient (Wildman–Crippen LogP) is 7.51. The Bertz CT molecular complexity index is 2100. The molecule has 2 unspecified atom stereocenters. The Morgan fingerprint density at radius 3 is 2.36 bits per heavy atom. The fraction of sp³-hybridized carbons (Fsp3) is 0.422. The molecule has 1 aliphatic rings. The van der Waals surface area contributed by atoms with E-state index in [1.165, 1.54) is 22.9 Å². The van der Waals surface area contributed by atoms with Crippen LogP contribution in [0.1, 0.15) is 79.0 Å². The molecule has 2 atom stereocenters. The average Bonchev–Trinajstić information content (AvgIpc) is 3.60. The Kier molecular flexibility index (Phi) is 15.5. The number of rotatable bonds is 18. The second-order valence-corrected chi connectivity index (χ2v) is 16.1. The molecule has 12 nitrogen and oxygen atoms in total. The highest BCUT2D eigenvalue weighted by molar-refractivity contribution is 6.32. The van der Waals surface area contributed by atoms with Crippen molar-refractivity contribution in [3.63, 3.8) is 0 Å². The molecular weight excluding hydrogens is 758 g/mol. The highest BCUT2D eigenvalue weighted by atomic mass is 35.5. The number of pyridine rings is 1. The minimum Gasteiger partial charge on any atom is -0.488 e. The van der Waals surface area contributed by atoms with Gasteiger partial charge < -0.3 is 34.6 Å². The van der Waals surface area contributed by atoms with Gasteiger partial charge in [-0.25, -0.2) is 4.79 Å². The normalized spacial score (nSPS) is 14.8. The highest BCUT2D eigenvalue weighted by Gasteiger charge is 2.23. The van der Waals surface area contributed by atoms with Gasteiger partial charge in [-0.1, -0.05) is 48.0 Å². The Balaban J connectivity index is 1.30. The summed E-state index contributed by atoms with van der Waals surface area (Å²) in [6, 6.07) is 18.6. The number of β-amino-alcohol motifs (C(OH)–C–C–N with tert-alkyl or cyclic N) is 1. The molecule has 2 heterocycles. The number of amides is 1. The van der Waals surface area contributed by atoms with Crippen LogP contribution < -0.4 is 20.1 Å². The Labute approximate surface area is 346 Å². The number of aromatic nitrogens is 1. The van der Waals surface area contributed by atoms with Crippen molar-refractivity contribution in [3.8, 4) is 28.7 Å². The van der Waals surface area contributed by atoms with Crippen LogP contribution in [0.5, 0.6) is 11.5 Å². The molecule has 0 radical (unpaired) electrons. The van der Waals surface area contributed by atoms with Crippen LogP contribution in [0, 0.1) is 25.2 Å². The van der Waals surface area contributed by atoms with Gasteiger partial charge in [0, 0.05) is 55.8 Å². The Morgan fingerprint density at radius 1 is 0.983 bits per heavy atom. The lowest BCUT2D eigenvalue weighted by Gasteiger charge is -2.22. The molecule has 1 aliphatic heterocycles. The van der Waals surface area contributed by atoms with Crippen LogP contribution in [0.2, 0.25) is 5.02 Å². The van der Waals surface area contributed by atoms with E-state index < -0.39 is 23.7 Å². The largest absolute Gasteiger partial charge is 0.488 e. The smallest absolute Gasteiger partial charge is 0.407 e. The van der Waals surface area contributed by atoms with Crippen molar-refractivity contribution >= 4 is 23.7 Å². The average molecular weight is 812 g/mol. The van der Waals surface area contributed by atoms with E-state index in [4.69, 9.17) is 25.8 Å². The summed E-state index contributed by atoms with van der Waals surface area (Å²) in [5.41, 5.74) is 7.84. The van der Waals surface area contributed by atoms with Crippen LogP contribution in [-0.2, 0) is 35.7 Å². The molecule has 1 aromatic heterocycles. The standard InChI is InChI=1S/C45H54ClN5O7/c1-29-33(10-6-7-16-51-17-15-36(52)26-51)11-8-13-37(29)38-14-9-12-34(30(38)2)28-57-42-20-41(56-27-32-18-31(21-47)22-48-23-32)35(19-39(42)46)24-49-40(43(53)54)25-50-44(55)58-45(3,4)5/h8-9,11-14,18-20,22-23,36,40,49,52H,6-7,10,15-17,24-28H2,1-5H3,(H,50,55)(H,53,54). The summed E-state index contributed by atoms with van der Waals surface area (Å²) in [5.74, 6) is -0.412. The lowest BCUT2D eigenvalue weighted by Crippen LogP contribution is -2.46. The number of hydrogen-bond donors (Lipinski definition) is 4. The van der Waals surface area contributed by atoms with Gasteiger partial charge in [0.15, 0.2) is 0 Å². The summed E-state index contributed by atoms with van der Waals surface area (Å²) in [7, 11) is 0. The predicted molar refractivity (Wildman–Crippen MR) is 223 cm³/mol. The summed E-state index contributed by atoms with van der Waals surface area (Å²) >= 11 is 6.81. The number of unbranched alkanes of at least 4 members (excludes halogenated alkanes) is 1. The monoisotopic (exact) mass is 811 g/mol. The van der Waals surface area contributed by atoms with E-state index in [-0.39, 0.29) is 32.4 Å². The van der Waals surface area contributed by atoms with Gasteiger partial charge in [-0.15, -0.1) is 0 Å². The lowest BCUT2D eigenvalue weighted by atomic mass is 9.90. The van der Waals surface area contributed by atoms with Gasteiger partial charge in [-0.05, 0) is 112 Å². The van der Waals surface area contributed by atoms with E-state index in [2.05, 4.69) is 64.7 Å². The van der Waals surface area contributed by atoms with E-state index in [1.54, 1.807) is 45.2 Å². The van der Waals surface area contributed by atoms with Crippen LogP contribution in [0.4, 0.5) is 4.79 Å². The van der Waals surface area contributed by atoms with E-state index >= 15 is 0 Å². The quantitative estimate of drug-likeness (QED) is 0.0735. The number of carboxylic acids is 1. The number of likely N-dealkylation sites (tertiary alicyclic amines) is 1. The molecule has 1 saturated heterocycles. The van der Waals surface area contributed by atoms with Crippen LogP contribution in [-0.4, -0.2) is 76.1 Å².